The first-order valence-corrected chi connectivity index (χ1v) is 6.88. The molecule has 3 nitrogen and oxygen atoms in total. The maximum atomic E-state index is 5.98. The predicted octanol–water partition coefficient (Wildman–Crippen LogP) is 2.78. The van der Waals surface area contributed by atoms with E-state index in [1.54, 1.807) is 0 Å². The summed E-state index contributed by atoms with van der Waals surface area (Å²) in [7, 11) is 0. The Bertz CT molecular complexity index is 291. The van der Waals surface area contributed by atoms with Gasteiger partial charge in [-0.2, -0.15) is 0 Å². The Kier molecular flexibility index (Phi) is 4.21. The molecular formula is C13H24IN3. The molecule has 0 heterocycles. The lowest BCUT2D eigenvalue weighted by molar-refractivity contribution is 0.529. The van der Waals surface area contributed by atoms with Crippen molar-refractivity contribution in [3.05, 3.63) is 0 Å². The number of nitrogens with two attached hydrogens (primary N) is 1. The summed E-state index contributed by atoms with van der Waals surface area (Å²) in [6, 6.07) is 1.14. The molecular weight excluding hydrogens is 325 g/mol. The Labute approximate surface area is 121 Å². The minimum absolute atomic E-state index is 0. The SMILES string of the molecule is I.NC(=NC1CC12CC2)NC1CCCCCC1. The lowest BCUT2D eigenvalue weighted by Crippen LogP contribution is -2.40. The highest BCUT2D eigenvalue weighted by Gasteiger charge is 2.63. The third-order valence-corrected chi connectivity index (χ3v) is 4.54. The average molecular weight is 349 g/mol. The van der Waals surface area contributed by atoms with E-state index in [1.165, 1.54) is 57.8 Å². The lowest BCUT2D eigenvalue weighted by Gasteiger charge is -2.16. The van der Waals surface area contributed by atoms with Gasteiger partial charge in [0.05, 0.1) is 6.04 Å². The zero-order valence-corrected chi connectivity index (χ0v) is 12.8. The second-order valence-corrected chi connectivity index (χ2v) is 5.93. The molecule has 4 heteroatoms. The molecule has 3 saturated carbocycles. The van der Waals surface area contributed by atoms with Crippen LogP contribution in [0.2, 0.25) is 0 Å². The summed E-state index contributed by atoms with van der Waals surface area (Å²) in [5, 5.41) is 3.42. The number of nitrogens with zero attached hydrogens (tertiary/aromatic N) is 1. The van der Waals surface area contributed by atoms with Crippen LogP contribution in [0.1, 0.15) is 57.8 Å². The van der Waals surface area contributed by atoms with Gasteiger partial charge >= 0.3 is 0 Å². The Hall–Kier alpha value is 0. The Morgan fingerprint density at radius 2 is 1.76 bits per heavy atom. The fourth-order valence-corrected chi connectivity index (χ4v) is 3.04. The van der Waals surface area contributed by atoms with Gasteiger partial charge in [-0.05, 0) is 37.5 Å². The van der Waals surface area contributed by atoms with Crippen LogP contribution in [-0.4, -0.2) is 18.0 Å². The van der Waals surface area contributed by atoms with Crippen LogP contribution in [0, 0.1) is 5.41 Å². The number of guanidine groups is 1. The van der Waals surface area contributed by atoms with Gasteiger partial charge in [-0.3, -0.25) is 0 Å². The average Bonchev–Trinajstić information content (AvgIpc) is 3.10. The standard InChI is InChI=1S/C13H23N3.HI/c14-12(16-11-9-13(11)7-8-13)15-10-5-3-1-2-4-6-10;/h10-11H,1-9H2,(H3,14,15,16);1H. The van der Waals surface area contributed by atoms with Gasteiger partial charge in [0.15, 0.2) is 5.96 Å². The molecule has 0 aliphatic heterocycles. The fourth-order valence-electron chi connectivity index (χ4n) is 3.04. The first kappa shape index (κ1) is 13.4. The lowest BCUT2D eigenvalue weighted by atomic mass is 10.1. The van der Waals surface area contributed by atoms with Crippen molar-refractivity contribution in [1.82, 2.24) is 5.32 Å². The minimum Gasteiger partial charge on any atom is -0.370 e. The second kappa shape index (κ2) is 5.33. The van der Waals surface area contributed by atoms with E-state index in [0.29, 0.717) is 23.5 Å². The molecule has 0 saturated heterocycles. The van der Waals surface area contributed by atoms with Crippen LogP contribution < -0.4 is 11.1 Å². The Balaban J connectivity index is 0.00000108. The van der Waals surface area contributed by atoms with Crippen LogP contribution in [0.3, 0.4) is 0 Å². The summed E-state index contributed by atoms with van der Waals surface area (Å²) >= 11 is 0. The number of halogens is 1. The van der Waals surface area contributed by atoms with Crippen LogP contribution in [0.5, 0.6) is 0 Å². The van der Waals surface area contributed by atoms with Crippen LogP contribution in [0.4, 0.5) is 0 Å². The molecule has 3 rings (SSSR count). The summed E-state index contributed by atoms with van der Waals surface area (Å²) in [4.78, 5) is 4.61. The third-order valence-electron chi connectivity index (χ3n) is 4.54. The zero-order valence-electron chi connectivity index (χ0n) is 10.5. The molecule has 17 heavy (non-hydrogen) atoms. The van der Waals surface area contributed by atoms with Gasteiger partial charge in [-0.25, -0.2) is 4.99 Å². The minimum atomic E-state index is 0. The van der Waals surface area contributed by atoms with Gasteiger partial charge in [-0.1, -0.05) is 25.7 Å². The molecule has 1 atom stereocenters. The number of aliphatic imine (C=N–C) groups is 1. The maximum Gasteiger partial charge on any atom is 0.189 e. The molecule has 3 aliphatic carbocycles. The van der Waals surface area contributed by atoms with E-state index in [9.17, 15) is 0 Å². The number of hydrogen-bond donors (Lipinski definition) is 2. The molecule has 0 radical (unpaired) electrons. The molecule has 0 aromatic carbocycles. The normalized spacial score (nSPS) is 31.5. The molecule has 3 N–H and O–H groups in total. The summed E-state index contributed by atoms with van der Waals surface area (Å²) in [5.41, 5.74) is 6.62. The topological polar surface area (TPSA) is 50.4 Å². The smallest absolute Gasteiger partial charge is 0.189 e. The molecule has 1 spiro atoms. The number of hydrogen-bond acceptors (Lipinski definition) is 1. The van der Waals surface area contributed by atoms with Crippen LogP contribution in [0.15, 0.2) is 4.99 Å². The van der Waals surface area contributed by atoms with Crippen molar-refractivity contribution in [1.29, 1.82) is 0 Å². The summed E-state index contributed by atoms with van der Waals surface area (Å²) in [6.45, 7) is 0. The fraction of sp³-hybridized carbons (Fsp3) is 0.923. The van der Waals surface area contributed by atoms with Crippen molar-refractivity contribution in [3.8, 4) is 0 Å². The summed E-state index contributed by atoms with van der Waals surface area (Å²) < 4.78 is 0. The summed E-state index contributed by atoms with van der Waals surface area (Å²) in [6.07, 6.45) is 12.1. The molecule has 98 valence electrons. The predicted molar refractivity (Wildman–Crippen MR) is 81.7 cm³/mol. The molecule has 0 bridgehead atoms. The highest BCUT2D eigenvalue weighted by Crippen LogP contribution is 2.67. The molecule has 3 fully saturated rings. The van der Waals surface area contributed by atoms with Gasteiger partial charge in [0, 0.05) is 6.04 Å². The van der Waals surface area contributed by atoms with Gasteiger partial charge in [0.1, 0.15) is 0 Å². The Morgan fingerprint density at radius 3 is 2.29 bits per heavy atom. The van der Waals surface area contributed by atoms with Crippen LogP contribution in [-0.2, 0) is 0 Å². The molecule has 3 aliphatic rings. The zero-order chi connectivity index (χ0) is 11.0. The highest BCUT2D eigenvalue weighted by molar-refractivity contribution is 14.0. The van der Waals surface area contributed by atoms with Gasteiger partial charge in [0.25, 0.3) is 0 Å². The second-order valence-electron chi connectivity index (χ2n) is 5.93. The number of rotatable bonds is 2. The summed E-state index contributed by atoms with van der Waals surface area (Å²) in [5.74, 6) is 0.709. The van der Waals surface area contributed by atoms with E-state index >= 15 is 0 Å². The van der Waals surface area contributed by atoms with Crippen molar-refractivity contribution >= 4 is 29.9 Å². The van der Waals surface area contributed by atoms with Gasteiger partial charge < -0.3 is 11.1 Å². The van der Waals surface area contributed by atoms with Crippen LogP contribution in [0.25, 0.3) is 0 Å². The first-order valence-electron chi connectivity index (χ1n) is 6.88. The van der Waals surface area contributed by atoms with Crippen molar-refractivity contribution in [2.75, 3.05) is 0 Å². The first-order chi connectivity index (χ1) is 7.78. The van der Waals surface area contributed by atoms with E-state index in [2.05, 4.69) is 10.3 Å². The van der Waals surface area contributed by atoms with Crippen molar-refractivity contribution in [3.63, 3.8) is 0 Å². The van der Waals surface area contributed by atoms with E-state index in [4.69, 9.17) is 5.73 Å². The van der Waals surface area contributed by atoms with E-state index in [0.717, 1.165) is 0 Å². The van der Waals surface area contributed by atoms with Gasteiger partial charge in [-0.15, -0.1) is 24.0 Å². The highest BCUT2D eigenvalue weighted by atomic mass is 127. The van der Waals surface area contributed by atoms with Crippen LogP contribution >= 0.6 is 24.0 Å². The third kappa shape index (κ3) is 3.26. The largest absolute Gasteiger partial charge is 0.370 e. The van der Waals surface area contributed by atoms with Crippen molar-refractivity contribution in [2.24, 2.45) is 16.1 Å². The van der Waals surface area contributed by atoms with E-state index in [1.807, 2.05) is 0 Å². The molecule has 0 amide bonds. The Morgan fingerprint density at radius 1 is 1.12 bits per heavy atom. The van der Waals surface area contributed by atoms with E-state index in [-0.39, 0.29) is 24.0 Å². The molecule has 0 aromatic rings. The molecule has 0 aromatic heterocycles. The van der Waals surface area contributed by atoms with E-state index < -0.39 is 0 Å². The van der Waals surface area contributed by atoms with Gasteiger partial charge in [0.2, 0.25) is 0 Å². The van der Waals surface area contributed by atoms with Crippen molar-refractivity contribution < 1.29 is 0 Å². The maximum absolute atomic E-state index is 5.98. The monoisotopic (exact) mass is 349 g/mol. The van der Waals surface area contributed by atoms with Crippen molar-refractivity contribution in [2.45, 2.75) is 69.9 Å². The quantitative estimate of drug-likeness (QED) is 0.349. The molecule has 1 unspecified atom stereocenters. The number of nitrogens with one attached hydrogen (secondary N) is 1.